The molecule has 0 spiro atoms. The molecular weight excluding hydrogens is 300 g/mol. The Morgan fingerprint density at radius 3 is 2.83 bits per heavy atom. The molecule has 0 saturated carbocycles. The van der Waals surface area contributed by atoms with E-state index in [4.69, 9.17) is 9.84 Å². The average Bonchev–Trinajstić information content (AvgIpc) is 2.33. The number of carboxylic acid groups (broad SMARTS) is 1. The summed E-state index contributed by atoms with van der Waals surface area (Å²) in [7, 11) is 0. The number of rotatable bonds is 3. The van der Waals surface area contributed by atoms with Crippen LogP contribution in [0, 0.1) is 6.92 Å². The molecule has 0 saturated heterocycles. The number of halogens is 1. The molecule has 1 heterocycles. The van der Waals surface area contributed by atoms with Gasteiger partial charge in [-0.05, 0) is 36.8 Å². The van der Waals surface area contributed by atoms with Gasteiger partial charge in [0, 0.05) is 10.7 Å². The Hall–Kier alpha value is -1.95. The minimum absolute atomic E-state index is 0.0142. The Kier molecular flexibility index (Phi) is 3.57. The largest absolute Gasteiger partial charge is 0.477 e. The minimum atomic E-state index is -1.12. The maximum Gasteiger partial charge on any atom is 0.354 e. The van der Waals surface area contributed by atoms with Crippen molar-refractivity contribution in [2.24, 2.45) is 0 Å². The first-order chi connectivity index (χ1) is 8.56. The monoisotopic (exact) mass is 308 g/mol. The quantitative estimate of drug-likeness (QED) is 0.943. The van der Waals surface area contributed by atoms with Crippen LogP contribution >= 0.6 is 15.9 Å². The Balaban J connectivity index is 2.28. The molecule has 18 heavy (non-hydrogen) atoms. The van der Waals surface area contributed by atoms with Crippen LogP contribution in [0.1, 0.15) is 16.1 Å². The Morgan fingerprint density at radius 2 is 2.17 bits per heavy atom. The van der Waals surface area contributed by atoms with Crippen molar-refractivity contribution >= 4 is 21.9 Å². The van der Waals surface area contributed by atoms with E-state index in [0.717, 1.165) is 10.0 Å². The average molecular weight is 309 g/mol. The van der Waals surface area contributed by atoms with E-state index < -0.39 is 5.97 Å². The third kappa shape index (κ3) is 2.84. The highest BCUT2D eigenvalue weighted by atomic mass is 79.9. The summed E-state index contributed by atoms with van der Waals surface area (Å²) in [4.78, 5) is 18.4. The van der Waals surface area contributed by atoms with Crippen LogP contribution in [0.25, 0.3) is 0 Å². The number of carbonyl (C=O) groups is 1. The first kappa shape index (κ1) is 12.5. The zero-order valence-electron chi connectivity index (χ0n) is 9.42. The molecule has 0 aliphatic rings. The zero-order chi connectivity index (χ0) is 13.1. The summed E-state index contributed by atoms with van der Waals surface area (Å²) in [5.74, 6) is -0.532. The molecule has 0 aliphatic heterocycles. The number of hydrogen-bond donors (Lipinski definition) is 1. The van der Waals surface area contributed by atoms with Crippen molar-refractivity contribution in [1.29, 1.82) is 0 Å². The maximum atomic E-state index is 10.8. The van der Waals surface area contributed by atoms with Gasteiger partial charge < -0.3 is 9.84 Å². The summed E-state index contributed by atoms with van der Waals surface area (Å²) in [6.07, 6.45) is 1.35. The van der Waals surface area contributed by atoms with Crippen molar-refractivity contribution in [2.75, 3.05) is 0 Å². The summed E-state index contributed by atoms with van der Waals surface area (Å²) >= 11 is 3.35. The zero-order valence-corrected chi connectivity index (χ0v) is 11.0. The number of ether oxygens (including phenoxy) is 1. The molecule has 0 bridgehead atoms. The van der Waals surface area contributed by atoms with E-state index in [2.05, 4.69) is 25.9 Å². The van der Waals surface area contributed by atoms with Crippen molar-refractivity contribution < 1.29 is 14.6 Å². The van der Waals surface area contributed by atoms with E-state index in [1.807, 2.05) is 19.1 Å². The number of aromatic carboxylic acids is 1. The molecule has 92 valence electrons. The highest BCUT2D eigenvalue weighted by molar-refractivity contribution is 9.10. The molecule has 0 atom stereocenters. The van der Waals surface area contributed by atoms with Gasteiger partial charge in [0.25, 0.3) is 0 Å². The van der Waals surface area contributed by atoms with Gasteiger partial charge in [0.1, 0.15) is 5.75 Å². The Morgan fingerprint density at radius 1 is 1.39 bits per heavy atom. The number of carboxylic acids is 1. The SMILES string of the molecule is Cc1cc(Br)ccc1Oc1nccc(C(=O)O)n1. The molecule has 1 aromatic heterocycles. The number of nitrogens with zero attached hydrogens (tertiary/aromatic N) is 2. The van der Waals surface area contributed by atoms with Crippen LogP contribution in [0.15, 0.2) is 34.9 Å². The van der Waals surface area contributed by atoms with E-state index in [1.54, 1.807) is 6.07 Å². The summed E-state index contributed by atoms with van der Waals surface area (Å²) < 4.78 is 6.39. The molecule has 0 unspecified atom stereocenters. The molecule has 6 heteroatoms. The number of aryl methyl sites for hydroxylation is 1. The maximum absolute atomic E-state index is 10.8. The van der Waals surface area contributed by atoms with E-state index in [9.17, 15) is 4.79 Å². The second kappa shape index (κ2) is 5.14. The fourth-order valence-electron chi connectivity index (χ4n) is 1.33. The lowest BCUT2D eigenvalue weighted by Gasteiger charge is -2.07. The van der Waals surface area contributed by atoms with E-state index in [-0.39, 0.29) is 11.7 Å². The third-order valence-electron chi connectivity index (χ3n) is 2.19. The van der Waals surface area contributed by atoms with Crippen LogP contribution in [0.4, 0.5) is 0 Å². The topological polar surface area (TPSA) is 72.3 Å². The normalized spacial score (nSPS) is 10.1. The summed E-state index contributed by atoms with van der Waals surface area (Å²) in [5.41, 5.74) is 0.795. The first-order valence-corrected chi connectivity index (χ1v) is 5.86. The Bertz CT molecular complexity index is 602. The number of benzene rings is 1. The van der Waals surface area contributed by atoms with Crippen molar-refractivity contribution in [2.45, 2.75) is 6.92 Å². The van der Waals surface area contributed by atoms with Crippen LogP contribution in [0.2, 0.25) is 0 Å². The van der Waals surface area contributed by atoms with Gasteiger partial charge >= 0.3 is 12.0 Å². The van der Waals surface area contributed by atoms with Gasteiger partial charge in [-0.1, -0.05) is 15.9 Å². The predicted octanol–water partition coefficient (Wildman–Crippen LogP) is 3.04. The third-order valence-corrected chi connectivity index (χ3v) is 2.68. The van der Waals surface area contributed by atoms with Gasteiger partial charge in [-0.3, -0.25) is 0 Å². The van der Waals surface area contributed by atoms with Crippen molar-refractivity contribution in [3.05, 3.63) is 46.2 Å². The summed E-state index contributed by atoms with van der Waals surface area (Å²) in [6.45, 7) is 1.88. The van der Waals surface area contributed by atoms with Crippen LogP contribution in [-0.4, -0.2) is 21.0 Å². The second-order valence-electron chi connectivity index (χ2n) is 3.54. The van der Waals surface area contributed by atoms with E-state index in [1.165, 1.54) is 12.3 Å². The molecule has 0 radical (unpaired) electrons. The van der Waals surface area contributed by atoms with Crippen LogP contribution in [0.3, 0.4) is 0 Å². The van der Waals surface area contributed by atoms with Crippen LogP contribution in [-0.2, 0) is 0 Å². The van der Waals surface area contributed by atoms with Crippen molar-refractivity contribution in [1.82, 2.24) is 9.97 Å². The molecule has 1 N–H and O–H groups in total. The van der Waals surface area contributed by atoms with Gasteiger partial charge in [0.15, 0.2) is 5.69 Å². The molecule has 5 nitrogen and oxygen atoms in total. The lowest BCUT2D eigenvalue weighted by molar-refractivity contribution is 0.0689. The smallest absolute Gasteiger partial charge is 0.354 e. The van der Waals surface area contributed by atoms with Gasteiger partial charge in [-0.25, -0.2) is 9.78 Å². The molecule has 1 aromatic carbocycles. The van der Waals surface area contributed by atoms with Crippen molar-refractivity contribution in [3.8, 4) is 11.8 Å². The van der Waals surface area contributed by atoms with Gasteiger partial charge in [-0.15, -0.1) is 0 Å². The molecule has 2 aromatic rings. The Labute approximate surface area is 112 Å². The molecule has 0 aliphatic carbocycles. The molecular formula is C12H9BrN2O3. The number of hydrogen-bond acceptors (Lipinski definition) is 4. The van der Waals surface area contributed by atoms with Gasteiger partial charge in [0.05, 0.1) is 0 Å². The fourth-order valence-corrected chi connectivity index (χ4v) is 1.81. The van der Waals surface area contributed by atoms with E-state index >= 15 is 0 Å². The fraction of sp³-hybridized carbons (Fsp3) is 0.0833. The highest BCUT2D eigenvalue weighted by Crippen LogP contribution is 2.25. The predicted molar refractivity (Wildman–Crippen MR) is 67.9 cm³/mol. The van der Waals surface area contributed by atoms with Gasteiger partial charge in [-0.2, -0.15) is 4.98 Å². The molecule has 2 rings (SSSR count). The van der Waals surface area contributed by atoms with Crippen LogP contribution < -0.4 is 4.74 Å². The standard InChI is InChI=1S/C12H9BrN2O3/c1-7-6-8(13)2-3-10(7)18-12-14-5-4-9(15-12)11(16)17/h2-6H,1H3,(H,16,17). The lowest BCUT2D eigenvalue weighted by atomic mass is 10.2. The summed E-state index contributed by atoms with van der Waals surface area (Å²) in [6, 6.07) is 6.79. The second-order valence-corrected chi connectivity index (χ2v) is 4.46. The molecule has 0 amide bonds. The summed E-state index contributed by atoms with van der Waals surface area (Å²) in [5, 5.41) is 8.81. The van der Waals surface area contributed by atoms with Gasteiger partial charge in [0.2, 0.25) is 0 Å². The van der Waals surface area contributed by atoms with Crippen molar-refractivity contribution in [3.63, 3.8) is 0 Å². The minimum Gasteiger partial charge on any atom is -0.477 e. The lowest BCUT2D eigenvalue weighted by Crippen LogP contribution is -2.02. The molecule has 0 fully saturated rings. The van der Waals surface area contributed by atoms with E-state index in [0.29, 0.717) is 5.75 Å². The van der Waals surface area contributed by atoms with Crippen LogP contribution in [0.5, 0.6) is 11.8 Å². The highest BCUT2D eigenvalue weighted by Gasteiger charge is 2.09. The first-order valence-electron chi connectivity index (χ1n) is 5.06. The number of aromatic nitrogens is 2.